The van der Waals surface area contributed by atoms with Crippen molar-refractivity contribution in [3.05, 3.63) is 17.0 Å². The third-order valence-corrected chi connectivity index (χ3v) is 3.90. The van der Waals surface area contributed by atoms with Crippen molar-refractivity contribution < 1.29 is 9.32 Å². The number of aryl methyl sites for hydroxylation is 1. The molecule has 1 rings (SSSR count). The molecule has 0 bridgehead atoms. The number of rotatable bonds is 8. The first-order valence-corrected chi connectivity index (χ1v) is 7.45. The molecular weight excluding hydrogens is 254 g/mol. The molecule has 1 atom stereocenters. The van der Waals surface area contributed by atoms with Gasteiger partial charge in [0.15, 0.2) is 5.69 Å². The lowest BCUT2D eigenvalue weighted by atomic mass is 9.94. The third kappa shape index (κ3) is 4.07. The second-order valence-electron chi connectivity index (χ2n) is 5.38. The molecule has 1 aromatic heterocycles. The standard InChI is InChI=1S/C15H27N3O2/c1-6-12-11(4)13(18-20-12)14(19)16-10-9-15(5,7-2)17-8-3/h17H,6-10H2,1-5H3,(H,16,19). The fourth-order valence-corrected chi connectivity index (χ4v) is 2.26. The van der Waals surface area contributed by atoms with Gasteiger partial charge in [0, 0.05) is 24.1 Å². The van der Waals surface area contributed by atoms with Crippen molar-refractivity contribution in [2.24, 2.45) is 0 Å². The van der Waals surface area contributed by atoms with Crippen molar-refractivity contribution in [2.75, 3.05) is 13.1 Å². The van der Waals surface area contributed by atoms with Crippen molar-refractivity contribution in [2.45, 2.75) is 59.4 Å². The minimum Gasteiger partial charge on any atom is -0.360 e. The van der Waals surface area contributed by atoms with E-state index in [1.165, 1.54) is 0 Å². The topological polar surface area (TPSA) is 67.2 Å². The summed E-state index contributed by atoms with van der Waals surface area (Å²) in [5, 5.41) is 10.2. The van der Waals surface area contributed by atoms with E-state index >= 15 is 0 Å². The van der Waals surface area contributed by atoms with E-state index in [1.807, 2.05) is 13.8 Å². The van der Waals surface area contributed by atoms with Gasteiger partial charge in [0.1, 0.15) is 5.76 Å². The van der Waals surface area contributed by atoms with Gasteiger partial charge in [-0.2, -0.15) is 0 Å². The maximum atomic E-state index is 12.1. The Morgan fingerprint density at radius 1 is 1.35 bits per heavy atom. The molecule has 0 radical (unpaired) electrons. The molecule has 0 spiro atoms. The minimum absolute atomic E-state index is 0.0650. The highest BCUT2D eigenvalue weighted by molar-refractivity contribution is 5.93. The van der Waals surface area contributed by atoms with E-state index in [2.05, 4.69) is 36.6 Å². The van der Waals surface area contributed by atoms with Crippen LogP contribution in [0.5, 0.6) is 0 Å². The number of carbonyl (C=O) groups is 1. The van der Waals surface area contributed by atoms with Gasteiger partial charge in [0.25, 0.3) is 5.91 Å². The van der Waals surface area contributed by atoms with E-state index in [1.54, 1.807) is 0 Å². The van der Waals surface area contributed by atoms with Crippen LogP contribution in [0.25, 0.3) is 0 Å². The van der Waals surface area contributed by atoms with Gasteiger partial charge in [-0.3, -0.25) is 4.79 Å². The summed E-state index contributed by atoms with van der Waals surface area (Å²) in [5.74, 6) is 0.627. The number of aromatic nitrogens is 1. The average Bonchev–Trinajstić information content (AvgIpc) is 2.80. The van der Waals surface area contributed by atoms with Crippen LogP contribution < -0.4 is 10.6 Å². The second kappa shape index (κ2) is 7.43. The summed E-state index contributed by atoms with van der Waals surface area (Å²) in [5.41, 5.74) is 1.31. The maximum absolute atomic E-state index is 12.1. The SMILES string of the molecule is CCNC(C)(CC)CCNC(=O)c1noc(CC)c1C. The van der Waals surface area contributed by atoms with Gasteiger partial charge in [0.2, 0.25) is 0 Å². The first-order chi connectivity index (χ1) is 9.47. The molecule has 5 heteroatoms. The largest absolute Gasteiger partial charge is 0.360 e. The lowest BCUT2D eigenvalue weighted by Crippen LogP contribution is -2.44. The zero-order valence-electron chi connectivity index (χ0n) is 13.3. The van der Waals surface area contributed by atoms with Crippen LogP contribution in [0.4, 0.5) is 0 Å². The Labute approximate surface area is 121 Å². The molecule has 5 nitrogen and oxygen atoms in total. The molecule has 0 saturated carbocycles. The van der Waals surface area contributed by atoms with Gasteiger partial charge in [-0.15, -0.1) is 0 Å². The number of amides is 1. The molecule has 114 valence electrons. The summed E-state index contributed by atoms with van der Waals surface area (Å²) in [4.78, 5) is 12.1. The van der Waals surface area contributed by atoms with E-state index in [-0.39, 0.29) is 11.4 Å². The first kappa shape index (κ1) is 16.7. The summed E-state index contributed by atoms with van der Waals surface area (Å²) in [6.07, 6.45) is 2.67. The van der Waals surface area contributed by atoms with Crippen LogP contribution >= 0.6 is 0 Å². The average molecular weight is 281 g/mol. The Hall–Kier alpha value is -1.36. The Morgan fingerprint density at radius 3 is 2.55 bits per heavy atom. The number of hydrogen-bond acceptors (Lipinski definition) is 4. The molecule has 1 unspecified atom stereocenters. The van der Waals surface area contributed by atoms with Gasteiger partial charge >= 0.3 is 0 Å². The van der Waals surface area contributed by atoms with Crippen LogP contribution in [0.3, 0.4) is 0 Å². The molecule has 0 saturated heterocycles. The lowest BCUT2D eigenvalue weighted by molar-refractivity contribution is 0.0940. The van der Waals surface area contributed by atoms with E-state index in [4.69, 9.17) is 4.52 Å². The highest BCUT2D eigenvalue weighted by Crippen LogP contribution is 2.15. The lowest BCUT2D eigenvalue weighted by Gasteiger charge is -2.29. The summed E-state index contributed by atoms with van der Waals surface area (Å²) >= 11 is 0. The van der Waals surface area contributed by atoms with Gasteiger partial charge in [-0.1, -0.05) is 25.9 Å². The molecule has 0 aliphatic heterocycles. The van der Waals surface area contributed by atoms with Crippen molar-refractivity contribution in [1.29, 1.82) is 0 Å². The van der Waals surface area contributed by atoms with Gasteiger partial charge in [0.05, 0.1) is 0 Å². The summed E-state index contributed by atoms with van der Waals surface area (Å²) in [6.45, 7) is 11.8. The van der Waals surface area contributed by atoms with Crippen LogP contribution in [0, 0.1) is 6.92 Å². The zero-order valence-corrected chi connectivity index (χ0v) is 13.3. The van der Waals surface area contributed by atoms with Crippen molar-refractivity contribution >= 4 is 5.91 Å². The van der Waals surface area contributed by atoms with Gasteiger partial charge < -0.3 is 15.2 Å². The van der Waals surface area contributed by atoms with E-state index in [0.29, 0.717) is 12.2 Å². The Bertz CT molecular complexity index is 442. The molecule has 1 amide bonds. The highest BCUT2D eigenvalue weighted by Gasteiger charge is 2.22. The van der Waals surface area contributed by atoms with E-state index in [0.717, 1.165) is 37.1 Å². The second-order valence-corrected chi connectivity index (χ2v) is 5.38. The summed E-state index contributed by atoms with van der Waals surface area (Å²) in [6, 6.07) is 0. The third-order valence-electron chi connectivity index (χ3n) is 3.90. The van der Waals surface area contributed by atoms with Crippen LogP contribution in [-0.2, 0) is 6.42 Å². The molecule has 1 heterocycles. The molecule has 0 aliphatic rings. The van der Waals surface area contributed by atoms with Crippen LogP contribution in [0.1, 0.15) is 62.3 Å². The minimum atomic E-state index is -0.152. The van der Waals surface area contributed by atoms with Crippen molar-refractivity contribution in [3.8, 4) is 0 Å². The monoisotopic (exact) mass is 281 g/mol. The molecule has 0 fully saturated rings. The Kier molecular flexibility index (Phi) is 6.20. The molecule has 2 N–H and O–H groups in total. The number of nitrogens with zero attached hydrogens (tertiary/aromatic N) is 1. The van der Waals surface area contributed by atoms with Crippen LogP contribution in [0.15, 0.2) is 4.52 Å². The highest BCUT2D eigenvalue weighted by atomic mass is 16.5. The molecule has 1 aromatic rings. The van der Waals surface area contributed by atoms with Crippen molar-refractivity contribution in [1.82, 2.24) is 15.8 Å². The van der Waals surface area contributed by atoms with E-state index in [9.17, 15) is 4.79 Å². The van der Waals surface area contributed by atoms with Crippen molar-refractivity contribution in [3.63, 3.8) is 0 Å². The zero-order chi connectivity index (χ0) is 15.2. The quantitative estimate of drug-likeness (QED) is 0.768. The molecule has 0 aliphatic carbocycles. The Morgan fingerprint density at radius 2 is 2.05 bits per heavy atom. The van der Waals surface area contributed by atoms with Gasteiger partial charge in [-0.25, -0.2) is 0 Å². The fraction of sp³-hybridized carbons (Fsp3) is 0.733. The summed E-state index contributed by atoms with van der Waals surface area (Å²) in [7, 11) is 0. The molecule has 0 aromatic carbocycles. The predicted molar refractivity (Wildman–Crippen MR) is 79.9 cm³/mol. The number of carbonyl (C=O) groups excluding carboxylic acids is 1. The maximum Gasteiger partial charge on any atom is 0.273 e. The number of nitrogens with one attached hydrogen (secondary N) is 2. The smallest absolute Gasteiger partial charge is 0.273 e. The van der Waals surface area contributed by atoms with E-state index < -0.39 is 0 Å². The number of hydrogen-bond donors (Lipinski definition) is 2. The normalized spacial score (nSPS) is 14.1. The van der Waals surface area contributed by atoms with Gasteiger partial charge in [-0.05, 0) is 33.2 Å². The van der Waals surface area contributed by atoms with Crippen LogP contribution in [0.2, 0.25) is 0 Å². The molecule has 20 heavy (non-hydrogen) atoms. The fourth-order valence-electron chi connectivity index (χ4n) is 2.26. The summed E-state index contributed by atoms with van der Waals surface area (Å²) < 4.78 is 5.15. The Balaban J connectivity index is 2.53. The predicted octanol–water partition coefficient (Wildman–Crippen LogP) is 2.44. The first-order valence-electron chi connectivity index (χ1n) is 7.45. The van der Waals surface area contributed by atoms with Crippen LogP contribution in [-0.4, -0.2) is 29.7 Å². The molecular formula is C15H27N3O2.